The Morgan fingerprint density at radius 2 is 0.824 bits per heavy atom. The normalized spacial score (nSPS) is 17.2. The van der Waals surface area contributed by atoms with E-state index < -0.39 is 71.1 Å². The Bertz CT molecular complexity index is 707. The van der Waals surface area contributed by atoms with E-state index in [0.717, 1.165) is 0 Å². The summed E-state index contributed by atoms with van der Waals surface area (Å²) in [6.07, 6.45) is -7.97. The molecule has 0 rings (SSSR count). The van der Waals surface area contributed by atoms with Gasteiger partial charge < -0.3 is 0 Å². The smallest absolute Gasteiger partial charge is 0.262 e. The van der Waals surface area contributed by atoms with E-state index >= 15 is 0 Å². The maximum absolute atomic E-state index is 14.3. The molecule has 0 radical (unpaired) electrons. The van der Waals surface area contributed by atoms with Gasteiger partial charge in [0.05, 0.1) is 20.6 Å². The van der Waals surface area contributed by atoms with Crippen molar-refractivity contribution in [2.24, 2.45) is 5.92 Å². The highest BCUT2D eigenvalue weighted by Gasteiger charge is 2.96. The summed E-state index contributed by atoms with van der Waals surface area (Å²) >= 11 is 0. The van der Waals surface area contributed by atoms with Gasteiger partial charge in [0.1, 0.15) is 0 Å². The molecule has 1 nitrogen and oxygen atoms in total. The van der Waals surface area contributed by atoms with Crippen LogP contribution in [0.5, 0.6) is 0 Å². The largest absolute Gasteiger partial charge is 0.461 e. The van der Waals surface area contributed by atoms with Crippen LogP contribution in [-0.2, 0) is 0 Å². The van der Waals surface area contributed by atoms with Gasteiger partial charge in [0.25, 0.3) is 0 Å². The van der Waals surface area contributed by atoms with Crippen LogP contribution < -0.4 is 0 Å². The molecule has 0 fully saturated rings. The second-order valence-electron chi connectivity index (χ2n) is 8.20. The fourth-order valence-electron chi connectivity index (χ4n) is 2.42. The van der Waals surface area contributed by atoms with Crippen molar-refractivity contribution < 1.29 is 79.1 Å². The summed E-state index contributed by atoms with van der Waals surface area (Å²) < 4.78 is 224. The monoisotopic (exact) mass is 548 g/mol. The molecule has 0 amide bonds. The standard InChI is InChI=1S/C16H19F17N/c1-5-8(2)6-7-34(3,4)16(32,33)14(27,28)12(23,24)10(19,20)9(17,18)11(21,22)13(25,26)15(29,30)31/h8H,5-7H2,1-4H3/q+1. The van der Waals surface area contributed by atoms with Crippen molar-refractivity contribution in [3.05, 3.63) is 0 Å². The first-order chi connectivity index (χ1) is 14.5. The summed E-state index contributed by atoms with van der Waals surface area (Å²) in [5.41, 5.74) is 0. The molecule has 34 heavy (non-hydrogen) atoms. The Kier molecular flexibility index (Phi) is 8.39. The molecule has 1 atom stereocenters. The van der Waals surface area contributed by atoms with Gasteiger partial charge in [-0.1, -0.05) is 20.3 Å². The van der Waals surface area contributed by atoms with E-state index in [1.807, 2.05) is 0 Å². The highest BCUT2D eigenvalue weighted by molar-refractivity contribution is 5.14. The van der Waals surface area contributed by atoms with Gasteiger partial charge in [-0.15, -0.1) is 8.78 Å². The highest BCUT2D eigenvalue weighted by Crippen LogP contribution is 2.64. The highest BCUT2D eigenvalue weighted by atomic mass is 19.4. The van der Waals surface area contributed by atoms with Crippen LogP contribution in [0.4, 0.5) is 74.6 Å². The summed E-state index contributed by atoms with van der Waals surface area (Å²) in [6, 6.07) is -6.44. The summed E-state index contributed by atoms with van der Waals surface area (Å²) in [5, 5.41) is 0. The van der Waals surface area contributed by atoms with Crippen LogP contribution >= 0.6 is 0 Å². The van der Waals surface area contributed by atoms with Gasteiger partial charge >= 0.3 is 47.8 Å². The SMILES string of the molecule is CCC(C)CC[N+](C)(C)C(F)(F)C(F)(F)C(F)(F)C(F)(F)C(F)(F)C(F)(F)C(F)(F)C(F)(F)F. The zero-order valence-electron chi connectivity index (χ0n) is 17.6. The lowest BCUT2D eigenvalue weighted by atomic mass is 9.89. The molecule has 0 heterocycles. The summed E-state index contributed by atoms with van der Waals surface area (Å²) in [7, 11) is 0.129. The molecule has 0 saturated heterocycles. The number of quaternary nitrogens is 1. The first kappa shape index (κ1) is 32.8. The van der Waals surface area contributed by atoms with Crippen LogP contribution in [0.2, 0.25) is 0 Å². The van der Waals surface area contributed by atoms with Crippen molar-refractivity contribution in [2.45, 2.75) is 74.4 Å². The number of alkyl halides is 17. The number of rotatable bonds is 11. The number of nitrogens with zero attached hydrogens (tertiary/aromatic N) is 1. The molecule has 0 bridgehead atoms. The summed E-state index contributed by atoms with van der Waals surface area (Å²) in [6.45, 7) is 1.66. The van der Waals surface area contributed by atoms with Crippen LogP contribution in [0.15, 0.2) is 0 Å². The molecule has 0 saturated carbocycles. The molecule has 0 aliphatic rings. The van der Waals surface area contributed by atoms with Gasteiger partial charge in [-0.25, -0.2) is 0 Å². The lowest BCUT2D eigenvalue weighted by Crippen LogP contribution is -2.77. The third-order valence-corrected chi connectivity index (χ3v) is 5.34. The molecule has 0 N–H and O–H groups in total. The molecular formula is C16H19F17N+. The second-order valence-corrected chi connectivity index (χ2v) is 8.20. The minimum atomic E-state index is -8.60. The molecule has 0 aliphatic carbocycles. The molecule has 1 unspecified atom stereocenters. The average Bonchev–Trinajstić information content (AvgIpc) is 2.63. The van der Waals surface area contributed by atoms with Crippen molar-refractivity contribution >= 4 is 0 Å². The Balaban J connectivity index is 6.71. The van der Waals surface area contributed by atoms with Gasteiger partial charge in [-0.05, 0) is 12.3 Å². The molecule has 0 aliphatic heterocycles. The van der Waals surface area contributed by atoms with Crippen molar-refractivity contribution in [2.75, 3.05) is 20.6 Å². The Morgan fingerprint density at radius 3 is 1.12 bits per heavy atom. The lowest BCUT2D eigenvalue weighted by molar-refractivity contribution is -0.991. The predicted molar refractivity (Wildman–Crippen MR) is 81.7 cm³/mol. The zero-order chi connectivity index (χ0) is 28.2. The Labute approximate surface area is 181 Å². The van der Waals surface area contributed by atoms with Gasteiger partial charge in [-0.3, -0.25) is 4.48 Å². The van der Waals surface area contributed by atoms with Crippen LogP contribution in [0, 0.1) is 5.92 Å². The van der Waals surface area contributed by atoms with E-state index in [1.54, 1.807) is 0 Å². The maximum atomic E-state index is 14.3. The Morgan fingerprint density at radius 1 is 0.529 bits per heavy atom. The predicted octanol–water partition coefficient (Wildman–Crippen LogP) is 7.47. The van der Waals surface area contributed by atoms with Gasteiger partial charge in [0.15, 0.2) is 0 Å². The maximum Gasteiger partial charge on any atom is 0.461 e. The fourth-order valence-corrected chi connectivity index (χ4v) is 2.42. The molecule has 0 aromatic rings. The van der Waals surface area contributed by atoms with Crippen LogP contribution in [0.3, 0.4) is 0 Å². The van der Waals surface area contributed by atoms with Gasteiger partial charge in [0, 0.05) is 0 Å². The zero-order valence-corrected chi connectivity index (χ0v) is 17.6. The van der Waals surface area contributed by atoms with Gasteiger partial charge in [0.2, 0.25) is 0 Å². The van der Waals surface area contributed by atoms with Crippen molar-refractivity contribution in [3.63, 3.8) is 0 Å². The van der Waals surface area contributed by atoms with E-state index in [9.17, 15) is 74.6 Å². The first-order valence-corrected chi connectivity index (χ1v) is 9.00. The molecule has 206 valence electrons. The van der Waals surface area contributed by atoms with Crippen LogP contribution in [0.25, 0.3) is 0 Å². The lowest BCUT2D eigenvalue weighted by Gasteiger charge is -2.46. The number of hydrogen-bond acceptors (Lipinski definition) is 0. The number of halogens is 17. The third kappa shape index (κ3) is 4.40. The van der Waals surface area contributed by atoms with Gasteiger partial charge in [-0.2, -0.15) is 65.9 Å². The van der Waals surface area contributed by atoms with Crippen LogP contribution in [-0.4, -0.2) is 72.9 Å². The summed E-state index contributed by atoms with van der Waals surface area (Å²) in [5.74, 6) is -50.2. The summed E-state index contributed by atoms with van der Waals surface area (Å²) in [4.78, 5) is 0. The van der Waals surface area contributed by atoms with Crippen molar-refractivity contribution in [1.82, 2.24) is 0 Å². The van der Waals surface area contributed by atoms with Crippen LogP contribution in [0.1, 0.15) is 26.7 Å². The first-order valence-electron chi connectivity index (χ1n) is 9.00. The molecule has 0 spiro atoms. The average molecular weight is 548 g/mol. The molecular weight excluding hydrogens is 529 g/mol. The topological polar surface area (TPSA) is 0 Å². The quantitative estimate of drug-likeness (QED) is 0.143. The Hall–Kier alpha value is -1.23. The van der Waals surface area contributed by atoms with E-state index in [1.165, 1.54) is 13.8 Å². The second kappa shape index (κ2) is 8.71. The fraction of sp³-hybridized carbons (Fsp3) is 1.00. The molecule has 0 aromatic heterocycles. The van der Waals surface area contributed by atoms with Crippen molar-refractivity contribution in [1.29, 1.82) is 0 Å². The third-order valence-electron chi connectivity index (χ3n) is 5.34. The van der Waals surface area contributed by atoms with E-state index in [0.29, 0.717) is 0 Å². The van der Waals surface area contributed by atoms with E-state index in [-0.39, 0.29) is 20.5 Å². The number of hydrogen-bond donors (Lipinski definition) is 0. The molecule has 0 aromatic carbocycles. The van der Waals surface area contributed by atoms with E-state index in [2.05, 4.69) is 0 Å². The minimum absolute atomic E-state index is 0.0645. The van der Waals surface area contributed by atoms with Crippen molar-refractivity contribution in [3.8, 4) is 0 Å². The molecule has 18 heteroatoms. The minimum Gasteiger partial charge on any atom is -0.262 e. The van der Waals surface area contributed by atoms with E-state index in [4.69, 9.17) is 0 Å².